The fourth-order valence-corrected chi connectivity index (χ4v) is 12.5. The van der Waals surface area contributed by atoms with Gasteiger partial charge in [0, 0.05) is 25.7 Å². The van der Waals surface area contributed by atoms with Gasteiger partial charge >= 0.3 is 39.5 Å². The van der Waals surface area contributed by atoms with Gasteiger partial charge in [-0.15, -0.1) is 0 Å². The standard InChI is InChI=1S/C72H140O17P2/c1-7-9-11-13-15-17-19-21-26-29-36-42-48-54-69(74)82-60-67(88-72(77)57-51-45-39-31-27-23-22-24-28-34-40-46-52-64(3)4)62-86-90(78,79)84-58-66(73)59-85-91(80,81)87-63-68(61-83-70(75)55-49-43-37-33-32-35-41-47-53-65(5)6)89-71(76)56-50-44-38-30-25-20-18-16-14-12-10-8-2/h64-68,73H,7-63H2,1-6H3,(H,78,79)(H,80,81)/t66-,67-,68-/m1/s1. The van der Waals surface area contributed by atoms with Gasteiger partial charge in [0.25, 0.3) is 0 Å². The van der Waals surface area contributed by atoms with Crippen LogP contribution >= 0.6 is 15.6 Å². The highest BCUT2D eigenvalue weighted by molar-refractivity contribution is 7.47. The van der Waals surface area contributed by atoms with Gasteiger partial charge in [-0.05, 0) is 37.5 Å². The molecule has 0 saturated heterocycles. The van der Waals surface area contributed by atoms with E-state index in [1.165, 1.54) is 186 Å². The van der Waals surface area contributed by atoms with Gasteiger partial charge < -0.3 is 33.8 Å². The Labute approximate surface area is 556 Å². The van der Waals surface area contributed by atoms with Crippen molar-refractivity contribution in [3.05, 3.63) is 0 Å². The van der Waals surface area contributed by atoms with E-state index in [4.69, 9.17) is 37.0 Å². The van der Waals surface area contributed by atoms with Crippen molar-refractivity contribution in [1.29, 1.82) is 0 Å². The van der Waals surface area contributed by atoms with Crippen molar-refractivity contribution >= 4 is 39.5 Å². The van der Waals surface area contributed by atoms with Crippen LogP contribution in [0.3, 0.4) is 0 Å². The molecule has 0 aromatic carbocycles. The summed E-state index contributed by atoms with van der Waals surface area (Å²) in [5.74, 6) is -0.616. The highest BCUT2D eigenvalue weighted by atomic mass is 31.2. The van der Waals surface area contributed by atoms with E-state index in [2.05, 4.69) is 41.5 Å². The molecule has 0 aliphatic carbocycles. The monoisotopic (exact) mass is 1340 g/mol. The van der Waals surface area contributed by atoms with Gasteiger partial charge in [-0.2, -0.15) is 0 Å². The van der Waals surface area contributed by atoms with Crippen molar-refractivity contribution in [2.45, 2.75) is 387 Å². The number of rotatable bonds is 71. The van der Waals surface area contributed by atoms with Crippen molar-refractivity contribution in [1.82, 2.24) is 0 Å². The summed E-state index contributed by atoms with van der Waals surface area (Å²) in [6, 6.07) is 0. The first kappa shape index (κ1) is 89.1. The first-order chi connectivity index (χ1) is 43.9. The first-order valence-electron chi connectivity index (χ1n) is 37.5. The van der Waals surface area contributed by atoms with Gasteiger partial charge in [-0.3, -0.25) is 37.3 Å². The maximum atomic E-state index is 13.0. The number of hydrogen-bond acceptors (Lipinski definition) is 15. The predicted molar refractivity (Wildman–Crippen MR) is 368 cm³/mol. The average Bonchev–Trinajstić information content (AvgIpc) is 2.67. The van der Waals surface area contributed by atoms with Crippen LogP contribution in [-0.4, -0.2) is 96.7 Å². The number of aliphatic hydroxyl groups is 1. The third-order valence-corrected chi connectivity index (χ3v) is 18.6. The number of carbonyl (C=O) groups excluding carboxylic acids is 4. The Morgan fingerprint density at radius 3 is 0.747 bits per heavy atom. The average molecular weight is 1340 g/mol. The third-order valence-electron chi connectivity index (χ3n) is 16.7. The number of esters is 4. The zero-order valence-corrected chi connectivity index (χ0v) is 60.9. The largest absolute Gasteiger partial charge is 0.472 e. The molecule has 0 saturated carbocycles. The summed E-state index contributed by atoms with van der Waals surface area (Å²) in [5, 5.41) is 10.6. The molecule has 19 heteroatoms. The molecule has 17 nitrogen and oxygen atoms in total. The van der Waals surface area contributed by atoms with Crippen LogP contribution in [0.2, 0.25) is 0 Å². The smallest absolute Gasteiger partial charge is 0.462 e. The minimum atomic E-state index is -4.95. The van der Waals surface area contributed by atoms with Crippen molar-refractivity contribution in [2.75, 3.05) is 39.6 Å². The molecule has 0 spiro atoms. The molecule has 0 rings (SSSR count). The molecule has 0 fully saturated rings. The normalized spacial score (nSPS) is 14.1. The Bertz CT molecular complexity index is 1770. The fourth-order valence-electron chi connectivity index (χ4n) is 10.9. The van der Waals surface area contributed by atoms with Crippen molar-refractivity contribution in [2.24, 2.45) is 11.8 Å². The molecule has 0 aromatic heterocycles. The summed E-state index contributed by atoms with van der Waals surface area (Å²) in [4.78, 5) is 72.6. The van der Waals surface area contributed by atoms with Crippen LogP contribution < -0.4 is 0 Å². The Kier molecular flexibility index (Phi) is 62.7. The van der Waals surface area contributed by atoms with Crippen molar-refractivity contribution in [3.63, 3.8) is 0 Å². The molecule has 2 unspecified atom stereocenters. The number of phosphoric acid groups is 2. The van der Waals surface area contributed by atoms with E-state index in [9.17, 15) is 43.2 Å². The first-order valence-corrected chi connectivity index (χ1v) is 40.5. The lowest BCUT2D eigenvalue weighted by molar-refractivity contribution is -0.161. The molecule has 0 amide bonds. The van der Waals surface area contributed by atoms with Gasteiger partial charge in [0.1, 0.15) is 19.3 Å². The number of carbonyl (C=O) groups is 4. The lowest BCUT2D eigenvalue weighted by atomic mass is 10.0. The molecule has 0 aromatic rings. The van der Waals surface area contributed by atoms with Crippen molar-refractivity contribution < 1.29 is 80.2 Å². The predicted octanol–water partition coefficient (Wildman–Crippen LogP) is 20.8. The van der Waals surface area contributed by atoms with Gasteiger partial charge in [0.2, 0.25) is 0 Å². The molecule has 3 N–H and O–H groups in total. The van der Waals surface area contributed by atoms with Gasteiger partial charge in [-0.25, -0.2) is 9.13 Å². The molecule has 540 valence electrons. The highest BCUT2D eigenvalue weighted by Gasteiger charge is 2.30. The third kappa shape index (κ3) is 66.5. The van der Waals surface area contributed by atoms with E-state index in [0.717, 1.165) is 102 Å². The second kappa shape index (κ2) is 64.1. The molecule has 0 aliphatic rings. The van der Waals surface area contributed by atoms with Gasteiger partial charge in [0.05, 0.1) is 26.4 Å². The SMILES string of the molecule is CCCCCCCCCCCCCCCC(=O)OC[C@H](COP(=O)(O)OC[C@@H](O)COP(=O)(O)OC[C@@H](COC(=O)CCCCCCCCCCC(C)C)OC(=O)CCCCCCCCCCCCCC)OC(=O)CCCCCCCCCCCCCCC(C)C. The molecule has 5 atom stereocenters. The van der Waals surface area contributed by atoms with E-state index in [1.807, 2.05) is 0 Å². The molecule has 0 bridgehead atoms. The quantitative estimate of drug-likeness (QED) is 0.0222. The van der Waals surface area contributed by atoms with Gasteiger partial charge in [-0.1, -0.05) is 318 Å². The molecule has 0 aliphatic heterocycles. The minimum absolute atomic E-state index is 0.107. The highest BCUT2D eigenvalue weighted by Crippen LogP contribution is 2.45. The molecular formula is C72H140O17P2. The molecular weight excluding hydrogens is 1200 g/mol. The second-order valence-electron chi connectivity index (χ2n) is 26.9. The summed E-state index contributed by atoms with van der Waals surface area (Å²) < 4.78 is 68.4. The van der Waals surface area contributed by atoms with E-state index in [-0.39, 0.29) is 25.7 Å². The number of ether oxygens (including phenoxy) is 4. The van der Waals surface area contributed by atoms with Crippen LogP contribution in [0, 0.1) is 11.8 Å². The Morgan fingerprint density at radius 1 is 0.297 bits per heavy atom. The second-order valence-corrected chi connectivity index (χ2v) is 29.8. The summed E-state index contributed by atoms with van der Waals surface area (Å²) >= 11 is 0. The van der Waals surface area contributed by atoms with Crippen LogP contribution in [0.25, 0.3) is 0 Å². The molecule has 91 heavy (non-hydrogen) atoms. The van der Waals surface area contributed by atoms with E-state index in [0.29, 0.717) is 25.7 Å². The summed E-state index contributed by atoms with van der Waals surface area (Å²) in [6.07, 6.45) is 49.8. The number of unbranched alkanes of at least 4 members (excludes halogenated alkanes) is 41. The van der Waals surface area contributed by atoms with Crippen LogP contribution in [0.1, 0.15) is 369 Å². The van der Waals surface area contributed by atoms with Gasteiger partial charge in [0.15, 0.2) is 12.2 Å². The topological polar surface area (TPSA) is 237 Å². The van der Waals surface area contributed by atoms with Crippen LogP contribution in [0.5, 0.6) is 0 Å². The van der Waals surface area contributed by atoms with Crippen molar-refractivity contribution in [3.8, 4) is 0 Å². The maximum Gasteiger partial charge on any atom is 0.472 e. The number of hydrogen-bond donors (Lipinski definition) is 3. The molecule has 0 radical (unpaired) electrons. The minimum Gasteiger partial charge on any atom is -0.462 e. The lowest BCUT2D eigenvalue weighted by Gasteiger charge is -2.21. The Morgan fingerprint density at radius 2 is 0.505 bits per heavy atom. The van der Waals surface area contributed by atoms with Crippen LogP contribution in [0.4, 0.5) is 0 Å². The zero-order chi connectivity index (χ0) is 67.2. The maximum absolute atomic E-state index is 13.0. The van der Waals surface area contributed by atoms with Crippen LogP contribution in [0.15, 0.2) is 0 Å². The number of aliphatic hydroxyl groups excluding tert-OH is 1. The van der Waals surface area contributed by atoms with E-state index < -0.39 is 97.5 Å². The fraction of sp³-hybridized carbons (Fsp3) is 0.944. The summed E-state index contributed by atoms with van der Waals surface area (Å²) in [5.41, 5.74) is 0. The summed E-state index contributed by atoms with van der Waals surface area (Å²) in [7, 11) is -9.90. The summed E-state index contributed by atoms with van der Waals surface area (Å²) in [6.45, 7) is 9.54. The number of phosphoric ester groups is 2. The zero-order valence-electron chi connectivity index (χ0n) is 59.1. The van der Waals surface area contributed by atoms with E-state index >= 15 is 0 Å². The molecule has 0 heterocycles. The Hall–Kier alpha value is -1.94. The van der Waals surface area contributed by atoms with E-state index in [1.54, 1.807) is 0 Å². The lowest BCUT2D eigenvalue weighted by Crippen LogP contribution is -2.30. The van der Waals surface area contributed by atoms with Crippen LogP contribution in [-0.2, 0) is 65.4 Å². The Balaban J connectivity index is 5.26.